The third kappa shape index (κ3) is 2.57. The van der Waals surface area contributed by atoms with Crippen LogP contribution in [0.1, 0.15) is 25.7 Å². The van der Waals surface area contributed by atoms with E-state index in [1.54, 1.807) is 13.2 Å². The maximum Gasteiger partial charge on any atom is 0.162 e. The molecule has 0 radical (unpaired) electrons. The smallest absolute Gasteiger partial charge is 0.162 e. The van der Waals surface area contributed by atoms with Gasteiger partial charge in [0.1, 0.15) is 5.82 Å². The molecule has 5 heteroatoms. The minimum Gasteiger partial charge on any atom is -0.493 e. The normalized spacial score (nSPS) is 15.4. The Morgan fingerprint density at radius 1 is 1.20 bits per heavy atom. The monoisotopic (exact) mass is 273 g/mol. The molecule has 1 heterocycles. The van der Waals surface area contributed by atoms with Gasteiger partial charge in [0.05, 0.1) is 18.9 Å². The Kier molecular flexibility index (Phi) is 3.50. The van der Waals surface area contributed by atoms with Crippen molar-refractivity contribution in [3.05, 3.63) is 24.3 Å². The lowest BCUT2D eigenvalue weighted by molar-refractivity contribution is 0.201. The van der Waals surface area contributed by atoms with E-state index in [1.807, 2.05) is 18.2 Å². The van der Waals surface area contributed by atoms with E-state index in [0.29, 0.717) is 11.9 Å². The summed E-state index contributed by atoms with van der Waals surface area (Å²) in [5, 5.41) is 6.86. The second kappa shape index (κ2) is 5.45. The van der Waals surface area contributed by atoms with Crippen LogP contribution < -0.4 is 15.2 Å². The fourth-order valence-corrected chi connectivity index (χ4v) is 2.61. The number of nitrogens with zero attached hydrogens (tertiary/aromatic N) is 1. The zero-order chi connectivity index (χ0) is 13.9. The summed E-state index contributed by atoms with van der Waals surface area (Å²) in [4.78, 5) is 0. The zero-order valence-electron chi connectivity index (χ0n) is 11.6. The molecular weight excluding hydrogens is 254 g/mol. The molecule has 3 N–H and O–H groups in total. The highest BCUT2D eigenvalue weighted by Gasteiger charge is 2.19. The highest BCUT2D eigenvalue weighted by molar-refractivity contribution is 5.65. The highest BCUT2D eigenvalue weighted by atomic mass is 16.5. The number of hydrogen-bond acceptors (Lipinski definition) is 4. The van der Waals surface area contributed by atoms with Crippen molar-refractivity contribution in [3.8, 4) is 22.8 Å². The number of ether oxygens (including phenoxy) is 2. The molecular formula is C15H19N3O2. The Balaban J connectivity index is 1.89. The molecule has 2 aromatic rings. The number of benzene rings is 1. The van der Waals surface area contributed by atoms with Crippen LogP contribution in [0.3, 0.4) is 0 Å². The lowest BCUT2D eigenvalue weighted by Crippen LogP contribution is -2.11. The van der Waals surface area contributed by atoms with Gasteiger partial charge in [0.2, 0.25) is 0 Å². The van der Waals surface area contributed by atoms with Gasteiger partial charge in [-0.05, 0) is 43.9 Å². The number of anilines is 1. The lowest BCUT2D eigenvalue weighted by atomic mass is 10.1. The van der Waals surface area contributed by atoms with Crippen LogP contribution in [0, 0.1) is 0 Å². The minimum absolute atomic E-state index is 0.297. The molecule has 1 aromatic carbocycles. The van der Waals surface area contributed by atoms with Crippen molar-refractivity contribution >= 4 is 5.82 Å². The highest BCUT2D eigenvalue weighted by Crippen LogP contribution is 2.35. The van der Waals surface area contributed by atoms with Gasteiger partial charge < -0.3 is 15.2 Å². The molecule has 1 fully saturated rings. The summed E-state index contributed by atoms with van der Waals surface area (Å²) in [6, 6.07) is 7.66. The van der Waals surface area contributed by atoms with Gasteiger partial charge in [0.25, 0.3) is 0 Å². The first kappa shape index (κ1) is 12.8. The number of nitrogens with one attached hydrogen (secondary N) is 1. The number of methoxy groups -OCH3 is 1. The predicted octanol–water partition coefficient (Wildman–Crippen LogP) is 2.99. The molecule has 0 unspecified atom stereocenters. The van der Waals surface area contributed by atoms with Gasteiger partial charge >= 0.3 is 0 Å². The van der Waals surface area contributed by atoms with Crippen molar-refractivity contribution in [3.63, 3.8) is 0 Å². The fraction of sp³-hybridized carbons (Fsp3) is 0.400. The summed E-state index contributed by atoms with van der Waals surface area (Å²) in [5.74, 6) is 2.02. The molecule has 0 amide bonds. The predicted molar refractivity (Wildman–Crippen MR) is 77.9 cm³/mol. The summed E-state index contributed by atoms with van der Waals surface area (Å²) < 4.78 is 11.5. The molecule has 106 valence electrons. The quantitative estimate of drug-likeness (QED) is 0.898. The van der Waals surface area contributed by atoms with Crippen molar-refractivity contribution in [2.45, 2.75) is 31.8 Å². The summed E-state index contributed by atoms with van der Waals surface area (Å²) in [5.41, 5.74) is 7.51. The van der Waals surface area contributed by atoms with E-state index in [4.69, 9.17) is 15.2 Å². The number of H-pyrrole nitrogens is 1. The SMILES string of the molecule is COc1ccc(-c2cc(N)n[nH]2)cc1OC1CCCC1. The van der Waals surface area contributed by atoms with Gasteiger partial charge in [0.15, 0.2) is 11.5 Å². The number of nitrogen functional groups attached to an aromatic ring is 1. The van der Waals surface area contributed by atoms with Crippen LogP contribution in [0.5, 0.6) is 11.5 Å². The first-order chi connectivity index (χ1) is 9.76. The topological polar surface area (TPSA) is 73.2 Å². The molecule has 5 nitrogen and oxygen atoms in total. The third-order valence-corrected chi connectivity index (χ3v) is 3.67. The maximum absolute atomic E-state index is 6.08. The van der Waals surface area contributed by atoms with Crippen molar-refractivity contribution < 1.29 is 9.47 Å². The molecule has 1 aromatic heterocycles. The van der Waals surface area contributed by atoms with Crippen LogP contribution in [0.4, 0.5) is 5.82 Å². The van der Waals surface area contributed by atoms with E-state index in [1.165, 1.54) is 12.8 Å². The third-order valence-electron chi connectivity index (χ3n) is 3.67. The summed E-state index contributed by atoms with van der Waals surface area (Å²) in [6.45, 7) is 0. The first-order valence-electron chi connectivity index (χ1n) is 6.92. The number of nitrogens with two attached hydrogens (primary N) is 1. The van der Waals surface area contributed by atoms with Gasteiger partial charge in [-0.2, -0.15) is 5.10 Å². The van der Waals surface area contributed by atoms with E-state index in [2.05, 4.69) is 10.2 Å². The molecule has 3 rings (SSSR count). The Bertz CT molecular complexity index is 589. The molecule has 0 atom stereocenters. The Morgan fingerprint density at radius 2 is 2.00 bits per heavy atom. The van der Waals surface area contributed by atoms with Gasteiger partial charge in [-0.15, -0.1) is 0 Å². The molecule has 1 saturated carbocycles. The molecule has 1 aliphatic rings. The van der Waals surface area contributed by atoms with E-state index >= 15 is 0 Å². The lowest BCUT2D eigenvalue weighted by Gasteiger charge is -2.16. The first-order valence-corrected chi connectivity index (χ1v) is 6.92. The number of rotatable bonds is 4. The van der Waals surface area contributed by atoms with Crippen LogP contribution in [-0.2, 0) is 0 Å². The van der Waals surface area contributed by atoms with E-state index < -0.39 is 0 Å². The molecule has 1 aliphatic carbocycles. The summed E-state index contributed by atoms with van der Waals surface area (Å²) >= 11 is 0. The molecule has 20 heavy (non-hydrogen) atoms. The van der Waals surface area contributed by atoms with Gasteiger partial charge in [-0.25, -0.2) is 0 Å². The van der Waals surface area contributed by atoms with E-state index in [0.717, 1.165) is 35.6 Å². The van der Waals surface area contributed by atoms with Crippen LogP contribution in [-0.4, -0.2) is 23.4 Å². The molecule has 0 spiro atoms. The Hall–Kier alpha value is -2.17. The van der Waals surface area contributed by atoms with Crippen LogP contribution in [0.25, 0.3) is 11.3 Å². The average molecular weight is 273 g/mol. The van der Waals surface area contributed by atoms with Crippen LogP contribution in [0.2, 0.25) is 0 Å². The van der Waals surface area contributed by atoms with Crippen molar-refractivity contribution in [1.29, 1.82) is 0 Å². The summed E-state index contributed by atoms with van der Waals surface area (Å²) in [6.07, 6.45) is 5.01. The zero-order valence-corrected chi connectivity index (χ0v) is 11.6. The fourth-order valence-electron chi connectivity index (χ4n) is 2.61. The number of hydrogen-bond donors (Lipinski definition) is 2. The maximum atomic E-state index is 6.08. The van der Waals surface area contributed by atoms with Crippen molar-refractivity contribution in [1.82, 2.24) is 10.2 Å². The Morgan fingerprint density at radius 3 is 2.65 bits per heavy atom. The van der Waals surface area contributed by atoms with Crippen molar-refractivity contribution in [2.24, 2.45) is 0 Å². The second-order valence-electron chi connectivity index (χ2n) is 5.10. The van der Waals surface area contributed by atoms with Gasteiger partial charge in [0, 0.05) is 11.6 Å². The minimum atomic E-state index is 0.297. The van der Waals surface area contributed by atoms with Gasteiger partial charge in [-0.1, -0.05) is 0 Å². The Labute approximate surface area is 118 Å². The summed E-state index contributed by atoms with van der Waals surface area (Å²) in [7, 11) is 1.66. The molecule has 0 bridgehead atoms. The standard InChI is InChI=1S/C15H19N3O2/c1-19-13-7-6-10(12-9-15(16)18-17-12)8-14(13)20-11-4-2-3-5-11/h6-9,11H,2-5H2,1H3,(H3,16,17,18). The second-order valence-corrected chi connectivity index (χ2v) is 5.10. The van der Waals surface area contributed by atoms with Crippen LogP contribution >= 0.6 is 0 Å². The van der Waals surface area contributed by atoms with Crippen molar-refractivity contribution in [2.75, 3.05) is 12.8 Å². The number of aromatic amines is 1. The molecule has 0 saturated heterocycles. The largest absolute Gasteiger partial charge is 0.493 e. The van der Waals surface area contributed by atoms with Gasteiger partial charge in [-0.3, -0.25) is 5.10 Å². The molecule has 0 aliphatic heterocycles. The van der Waals surface area contributed by atoms with Crippen LogP contribution in [0.15, 0.2) is 24.3 Å². The van der Waals surface area contributed by atoms with E-state index in [9.17, 15) is 0 Å². The average Bonchev–Trinajstić information content (AvgIpc) is 3.10. The van der Waals surface area contributed by atoms with E-state index in [-0.39, 0.29) is 0 Å². The number of aromatic nitrogens is 2.